The van der Waals surface area contributed by atoms with Gasteiger partial charge in [-0.1, -0.05) is 12.1 Å². The minimum absolute atomic E-state index is 0.108. The van der Waals surface area contributed by atoms with Crippen molar-refractivity contribution in [3.63, 3.8) is 0 Å². The van der Waals surface area contributed by atoms with Gasteiger partial charge < -0.3 is 14.2 Å². The minimum atomic E-state index is -0.108. The first-order chi connectivity index (χ1) is 13.6. The van der Waals surface area contributed by atoms with Crippen LogP contribution >= 0.6 is 0 Å². The molecule has 2 atom stereocenters. The van der Waals surface area contributed by atoms with Crippen molar-refractivity contribution < 1.29 is 19.0 Å². The number of carbonyl (C=O) groups excluding carboxylic acids is 1. The molecule has 2 aliphatic rings. The highest BCUT2D eigenvalue weighted by Gasteiger charge is 2.34. The Morgan fingerprint density at radius 1 is 1.21 bits per heavy atom. The van der Waals surface area contributed by atoms with Gasteiger partial charge >= 0.3 is 5.97 Å². The second-order valence-corrected chi connectivity index (χ2v) is 7.92. The van der Waals surface area contributed by atoms with Gasteiger partial charge in [-0.2, -0.15) is 0 Å². The lowest BCUT2D eigenvalue weighted by molar-refractivity contribution is -0.141. The first-order valence-corrected chi connectivity index (χ1v) is 10.3. The Hall–Kier alpha value is -1.63. The third kappa shape index (κ3) is 5.46. The highest BCUT2D eigenvalue weighted by molar-refractivity contribution is 5.69. The SMILES string of the molecule is COC(=O)CC[C@@H]1CN(Cc2ccc(OC)c(C)c2)CC[C@@H]1N1CCOCC1. The van der Waals surface area contributed by atoms with Crippen molar-refractivity contribution in [3.8, 4) is 5.75 Å². The third-order valence-electron chi connectivity index (χ3n) is 6.11. The molecule has 3 rings (SSSR count). The number of nitrogens with zero attached hydrogens (tertiary/aromatic N) is 2. The van der Waals surface area contributed by atoms with E-state index in [0.29, 0.717) is 18.4 Å². The van der Waals surface area contributed by atoms with Crippen molar-refractivity contribution in [1.29, 1.82) is 0 Å². The largest absolute Gasteiger partial charge is 0.496 e. The zero-order chi connectivity index (χ0) is 19.9. The summed E-state index contributed by atoms with van der Waals surface area (Å²) in [6.07, 6.45) is 2.52. The first-order valence-electron chi connectivity index (χ1n) is 10.3. The van der Waals surface area contributed by atoms with E-state index in [1.165, 1.54) is 18.2 Å². The Morgan fingerprint density at radius 3 is 2.68 bits per heavy atom. The highest BCUT2D eigenvalue weighted by Crippen LogP contribution is 2.28. The molecule has 2 fully saturated rings. The number of likely N-dealkylation sites (tertiary alicyclic amines) is 1. The Kier molecular flexibility index (Phi) is 7.71. The molecule has 6 nitrogen and oxygen atoms in total. The minimum Gasteiger partial charge on any atom is -0.496 e. The number of methoxy groups -OCH3 is 2. The molecule has 0 spiro atoms. The lowest BCUT2D eigenvalue weighted by atomic mass is 9.86. The number of morpholine rings is 1. The van der Waals surface area contributed by atoms with E-state index in [9.17, 15) is 4.79 Å². The molecule has 0 unspecified atom stereocenters. The lowest BCUT2D eigenvalue weighted by Gasteiger charge is -2.45. The highest BCUT2D eigenvalue weighted by atomic mass is 16.5. The summed E-state index contributed by atoms with van der Waals surface area (Å²) >= 11 is 0. The van der Waals surface area contributed by atoms with E-state index < -0.39 is 0 Å². The van der Waals surface area contributed by atoms with Crippen LogP contribution in [-0.4, -0.2) is 75.4 Å². The summed E-state index contributed by atoms with van der Waals surface area (Å²) in [6.45, 7) is 8.76. The molecule has 0 aromatic heterocycles. The molecule has 6 heteroatoms. The smallest absolute Gasteiger partial charge is 0.305 e. The number of piperidine rings is 1. The van der Waals surface area contributed by atoms with Gasteiger partial charge in [-0.3, -0.25) is 14.6 Å². The van der Waals surface area contributed by atoms with Crippen molar-refractivity contribution in [2.75, 3.05) is 53.6 Å². The predicted molar refractivity (Wildman–Crippen MR) is 109 cm³/mol. The summed E-state index contributed by atoms with van der Waals surface area (Å²) < 4.78 is 15.8. The molecule has 0 aliphatic carbocycles. The number of hydrogen-bond donors (Lipinski definition) is 0. The van der Waals surface area contributed by atoms with E-state index in [4.69, 9.17) is 14.2 Å². The number of esters is 1. The fourth-order valence-electron chi connectivity index (χ4n) is 4.61. The average Bonchev–Trinajstić information content (AvgIpc) is 2.73. The number of carbonyl (C=O) groups is 1. The van der Waals surface area contributed by atoms with Crippen LogP contribution in [0.5, 0.6) is 5.75 Å². The molecule has 0 saturated carbocycles. The van der Waals surface area contributed by atoms with Crippen LogP contribution in [0.4, 0.5) is 0 Å². The van der Waals surface area contributed by atoms with Crippen molar-refractivity contribution in [1.82, 2.24) is 9.80 Å². The Balaban J connectivity index is 1.64. The van der Waals surface area contributed by atoms with Crippen molar-refractivity contribution >= 4 is 5.97 Å². The maximum absolute atomic E-state index is 11.7. The fraction of sp³-hybridized carbons (Fsp3) is 0.682. The molecular formula is C22H34N2O4. The summed E-state index contributed by atoms with van der Waals surface area (Å²) in [5.74, 6) is 1.31. The van der Waals surface area contributed by atoms with Crippen LogP contribution in [0, 0.1) is 12.8 Å². The summed E-state index contributed by atoms with van der Waals surface area (Å²) in [5.41, 5.74) is 2.49. The molecule has 156 valence electrons. The normalized spacial score (nSPS) is 24.1. The predicted octanol–water partition coefficient (Wildman–Crippen LogP) is 2.48. The molecule has 1 aromatic rings. The molecule has 28 heavy (non-hydrogen) atoms. The van der Waals surface area contributed by atoms with Gasteiger partial charge in [0.05, 0.1) is 27.4 Å². The summed E-state index contributed by atoms with van der Waals surface area (Å²) in [6, 6.07) is 6.96. The van der Waals surface area contributed by atoms with Crippen LogP contribution < -0.4 is 4.74 Å². The average molecular weight is 391 g/mol. The molecule has 2 heterocycles. The van der Waals surface area contributed by atoms with E-state index in [-0.39, 0.29) is 5.97 Å². The summed E-state index contributed by atoms with van der Waals surface area (Å²) in [7, 11) is 3.19. The maximum Gasteiger partial charge on any atom is 0.305 e. The molecule has 0 amide bonds. The van der Waals surface area contributed by atoms with Crippen LogP contribution in [0.3, 0.4) is 0 Å². The topological polar surface area (TPSA) is 51.2 Å². The van der Waals surface area contributed by atoms with Crippen LogP contribution in [-0.2, 0) is 20.8 Å². The zero-order valence-corrected chi connectivity index (χ0v) is 17.5. The van der Waals surface area contributed by atoms with E-state index in [1.807, 2.05) is 0 Å². The van der Waals surface area contributed by atoms with E-state index >= 15 is 0 Å². The first kappa shape index (κ1) is 21.1. The lowest BCUT2D eigenvalue weighted by Crippen LogP contribution is -2.53. The number of aryl methyl sites for hydroxylation is 1. The van der Waals surface area contributed by atoms with Crippen LogP contribution in [0.1, 0.15) is 30.4 Å². The van der Waals surface area contributed by atoms with Gasteiger partial charge in [0.1, 0.15) is 5.75 Å². The molecule has 2 saturated heterocycles. The van der Waals surface area contributed by atoms with Crippen molar-refractivity contribution in [3.05, 3.63) is 29.3 Å². The zero-order valence-electron chi connectivity index (χ0n) is 17.5. The van der Waals surface area contributed by atoms with E-state index in [2.05, 4.69) is 34.9 Å². The van der Waals surface area contributed by atoms with E-state index in [1.54, 1.807) is 7.11 Å². The van der Waals surface area contributed by atoms with Gasteiger partial charge in [0, 0.05) is 38.6 Å². The summed E-state index contributed by atoms with van der Waals surface area (Å²) in [5, 5.41) is 0. The molecular weight excluding hydrogens is 356 g/mol. The fourth-order valence-corrected chi connectivity index (χ4v) is 4.61. The molecule has 1 aromatic carbocycles. The molecule has 0 radical (unpaired) electrons. The second kappa shape index (κ2) is 10.2. The maximum atomic E-state index is 11.7. The summed E-state index contributed by atoms with van der Waals surface area (Å²) in [4.78, 5) is 16.8. The van der Waals surface area contributed by atoms with Gasteiger partial charge in [0.15, 0.2) is 0 Å². The van der Waals surface area contributed by atoms with Gasteiger partial charge in [-0.25, -0.2) is 0 Å². The molecule has 0 bridgehead atoms. The number of hydrogen-bond acceptors (Lipinski definition) is 6. The Labute approximate surface area is 168 Å². The van der Waals surface area contributed by atoms with Gasteiger partial charge in [0.25, 0.3) is 0 Å². The monoisotopic (exact) mass is 390 g/mol. The number of ether oxygens (including phenoxy) is 3. The Bertz CT molecular complexity index is 645. The van der Waals surface area contributed by atoms with Crippen molar-refractivity contribution in [2.45, 2.75) is 38.8 Å². The van der Waals surface area contributed by atoms with Crippen LogP contribution in [0.15, 0.2) is 18.2 Å². The Morgan fingerprint density at radius 2 is 2.00 bits per heavy atom. The van der Waals surface area contributed by atoms with Gasteiger partial charge in [0.2, 0.25) is 0 Å². The quantitative estimate of drug-likeness (QED) is 0.667. The van der Waals surface area contributed by atoms with E-state index in [0.717, 1.165) is 64.5 Å². The standard InChI is InChI=1S/C22H34N2O4/c1-17-14-18(4-6-21(17)26-2)15-23-9-8-20(24-10-12-28-13-11-24)19(16-23)5-7-22(25)27-3/h4,6,14,19-20H,5,7-13,15-16H2,1-3H3/t19-,20+/m1/s1. The van der Waals surface area contributed by atoms with Gasteiger partial charge in [-0.15, -0.1) is 0 Å². The van der Waals surface area contributed by atoms with Crippen molar-refractivity contribution in [2.24, 2.45) is 5.92 Å². The van der Waals surface area contributed by atoms with Crippen LogP contribution in [0.25, 0.3) is 0 Å². The number of rotatable bonds is 7. The van der Waals surface area contributed by atoms with Crippen LogP contribution in [0.2, 0.25) is 0 Å². The molecule has 2 aliphatic heterocycles. The second-order valence-electron chi connectivity index (χ2n) is 7.92. The third-order valence-corrected chi connectivity index (χ3v) is 6.11. The van der Waals surface area contributed by atoms with Gasteiger partial charge in [-0.05, 0) is 49.4 Å². The number of benzene rings is 1. The molecule has 0 N–H and O–H groups in total.